The van der Waals surface area contributed by atoms with Crippen molar-refractivity contribution >= 4 is 28.1 Å². The zero-order chi connectivity index (χ0) is 14.8. The Morgan fingerprint density at radius 2 is 2.19 bits per heavy atom. The van der Waals surface area contributed by atoms with E-state index in [0.29, 0.717) is 13.0 Å². The standard InChI is InChI=1S/C11H15N3O5S.ClH/c1-19-11-6-9(2-3-10(11)14(15)16)20(17,18)13-8-4-5-12-7-8;/h2-3,6,8,12-13H,4-5,7H2,1H3;1H. The number of ether oxygens (including phenoxy) is 1. The number of methoxy groups -OCH3 is 1. The van der Waals surface area contributed by atoms with Gasteiger partial charge in [0.2, 0.25) is 10.0 Å². The molecule has 0 radical (unpaired) electrons. The summed E-state index contributed by atoms with van der Waals surface area (Å²) >= 11 is 0. The number of benzene rings is 1. The second-order valence-corrected chi connectivity index (χ2v) is 6.12. The molecule has 1 aliphatic rings. The summed E-state index contributed by atoms with van der Waals surface area (Å²) in [6.45, 7) is 1.33. The first-order valence-electron chi connectivity index (χ1n) is 5.99. The summed E-state index contributed by atoms with van der Waals surface area (Å²) in [7, 11) is -2.45. The Morgan fingerprint density at radius 3 is 2.71 bits per heavy atom. The molecule has 0 saturated carbocycles. The van der Waals surface area contributed by atoms with Crippen LogP contribution in [0.5, 0.6) is 5.75 Å². The van der Waals surface area contributed by atoms with Crippen molar-refractivity contribution in [3.63, 3.8) is 0 Å². The smallest absolute Gasteiger partial charge is 0.310 e. The third-order valence-corrected chi connectivity index (χ3v) is 4.56. The van der Waals surface area contributed by atoms with Gasteiger partial charge in [-0.2, -0.15) is 0 Å². The first-order chi connectivity index (χ1) is 9.44. The van der Waals surface area contributed by atoms with Gasteiger partial charge in [0.05, 0.1) is 16.9 Å². The van der Waals surface area contributed by atoms with E-state index in [4.69, 9.17) is 4.74 Å². The highest BCUT2D eigenvalue weighted by Crippen LogP contribution is 2.29. The molecule has 1 fully saturated rings. The first-order valence-corrected chi connectivity index (χ1v) is 7.48. The SMILES string of the molecule is COc1cc(S(=O)(=O)NC2CCNC2)ccc1[N+](=O)[O-].Cl. The average Bonchev–Trinajstić information content (AvgIpc) is 2.89. The summed E-state index contributed by atoms with van der Waals surface area (Å²) in [4.78, 5) is 10.1. The molecule has 118 valence electrons. The van der Waals surface area contributed by atoms with Crippen LogP contribution in [0.25, 0.3) is 0 Å². The van der Waals surface area contributed by atoms with Crippen molar-refractivity contribution in [3.8, 4) is 5.75 Å². The molecule has 10 heteroatoms. The monoisotopic (exact) mass is 337 g/mol. The normalized spacial score (nSPS) is 18.0. The van der Waals surface area contributed by atoms with Crippen LogP contribution in [-0.4, -0.2) is 39.6 Å². The Labute approximate surface area is 128 Å². The van der Waals surface area contributed by atoms with Crippen molar-refractivity contribution < 1.29 is 18.1 Å². The van der Waals surface area contributed by atoms with Crippen LogP contribution in [-0.2, 0) is 10.0 Å². The highest BCUT2D eigenvalue weighted by atomic mass is 35.5. The largest absolute Gasteiger partial charge is 0.490 e. The lowest BCUT2D eigenvalue weighted by atomic mass is 10.3. The summed E-state index contributed by atoms with van der Waals surface area (Å²) in [5.74, 6) is -0.0811. The molecular formula is C11H16ClN3O5S. The molecule has 1 heterocycles. The van der Waals surface area contributed by atoms with E-state index in [1.165, 1.54) is 13.2 Å². The molecule has 0 spiro atoms. The van der Waals surface area contributed by atoms with Crippen molar-refractivity contribution in [2.45, 2.75) is 17.4 Å². The topological polar surface area (TPSA) is 111 Å². The van der Waals surface area contributed by atoms with Crippen LogP contribution < -0.4 is 14.8 Å². The van der Waals surface area contributed by atoms with Gasteiger partial charge in [-0.25, -0.2) is 13.1 Å². The number of nitrogens with one attached hydrogen (secondary N) is 2. The number of nitro groups is 1. The third kappa shape index (κ3) is 4.03. The van der Waals surface area contributed by atoms with Crippen LogP contribution >= 0.6 is 12.4 Å². The zero-order valence-corrected chi connectivity index (χ0v) is 12.9. The van der Waals surface area contributed by atoms with E-state index in [2.05, 4.69) is 10.0 Å². The summed E-state index contributed by atoms with van der Waals surface area (Å²) in [5, 5.41) is 13.8. The van der Waals surface area contributed by atoms with Crippen LogP contribution in [0, 0.1) is 10.1 Å². The number of sulfonamides is 1. The van der Waals surface area contributed by atoms with E-state index in [0.717, 1.165) is 18.7 Å². The Hall–Kier alpha value is -1.42. The Bertz CT molecular complexity index is 616. The van der Waals surface area contributed by atoms with Crippen molar-refractivity contribution in [3.05, 3.63) is 28.3 Å². The van der Waals surface area contributed by atoms with E-state index in [-0.39, 0.29) is 34.8 Å². The van der Waals surface area contributed by atoms with Crippen LogP contribution in [0.15, 0.2) is 23.1 Å². The summed E-state index contributed by atoms with van der Waals surface area (Å²) in [6.07, 6.45) is 0.712. The van der Waals surface area contributed by atoms with Gasteiger partial charge in [-0.3, -0.25) is 10.1 Å². The maximum atomic E-state index is 12.2. The van der Waals surface area contributed by atoms with Crippen LogP contribution in [0.4, 0.5) is 5.69 Å². The van der Waals surface area contributed by atoms with Gasteiger partial charge < -0.3 is 10.1 Å². The molecule has 8 nitrogen and oxygen atoms in total. The highest BCUT2D eigenvalue weighted by Gasteiger charge is 2.25. The van der Waals surface area contributed by atoms with Gasteiger partial charge in [0.15, 0.2) is 5.75 Å². The van der Waals surface area contributed by atoms with Gasteiger partial charge >= 0.3 is 5.69 Å². The minimum absolute atomic E-state index is 0. The van der Waals surface area contributed by atoms with Gasteiger partial charge in [-0.1, -0.05) is 0 Å². The molecule has 1 aliphatic heterocycles. The minimum atomic E-state index is -3.71. The number of rotatable bonds is 5. The molecule has 1 atom stereocenters. The van der Waals surface area contributed by atoms with Crippen molar-refractivity contribution in [1.29, 1.82) is 0 Å². The quantitative estimate of drug-likeness (QED) is 0.603. The van der Waals surface area contributed by atoms with Crippen LogP contribution in [0.1, 0.15) is 6.42 Å². The summed E-state index contributed by atoms with van der Waals surface area (Å²) in [5.41, 5.74) is -0.269. The second kappa shape index (κ2) is 7.03. The van der Waals surface area contributed by atoms with E-state index >= 15 is 0 Å². The molecule has 1 aromatic rings. The molecule has 1 aromatic carbocycles. The predicted molar refractivity (Wildman–Crippen MR) is 78.5 cm³/mol. The molecule has 1 unspecified atom stereocenters. The fraction of sp³-hybridized carbons (Fsp3) is 0.455. The van der Waals surface area contributed by atoms with Crippen molar-refractivity contribution in [2.75, 3.05) is 20.2 Å². The maximum absolute atomic E-state index is 12.2. The Morgan fingerprint density at radius 1 is 1.48 bits per heavy atom. The molecule has 21 heavy (non-hydrogen) atoms. The van der Waals surface area contributed by atoms with Gasteiger partial charge in [0.25, 0.3) is 0 Å². The molecule has 0 bridgehead atoms. The van der Waals surface area contributed by atoms with Gasteiger partial charge in [-0.05, 0) is 19.0 Å². The van der Waals surface area contributed by atoms with E-state index < -0.39 is 14.9 Å². The van der Waals surface area contributed by atoms with E-state index in [1.54, 1.807) is 0 Å². The molecule has 0 aliphatic carbocycles. The van der Waals surface area contributed by atoms with Crippen LogP contribution in [0.3, 0.4) is 0 Å². The number of hydrogen-bond donors (Lipinski definition) is 2. The number of hydrogen-bond acceptors (Lipinski definition) is 6. The van der Waals surface area contributed by atoms with Gasteiger partial charge in [-0.15, -0.1) is 12.4 Å². The van der Waals surface area contributed by atoms with Crippen LogP contribution in [0.2, 0.25) is 0 Å². The predicted octanol–water partition coefficient (Wildman–Crippen LogP) is 0.665. The van der Waals surface area contributed by atoms with Gasteiger partial charge in [0, 0.05) is 24.7 Å². The molecule has 2 rings (SSSR count). The lowest BCUT2D eigenvalue weighted by Crippen LogP contribution is -2.36. The fourth-order valence-corrected chi connectivity index (χ4v) is 3.30. The summed E-state index contributed by atoms with van der Waals surface area (Å²) < 4.78 is 31.8. The molecule has 2 N–H and O–H groups in total. The number of halogens is 1. The van der Waals surface area contributed by atoms with E-state index in [1.807, 2.05) is 0 Å². The zero-order valence-electron chi connectivity index (χ0n) is 11.2. The number of nitrogens with zero attached hydrogens (tertiary/aromatic N) is 1. The maximum Gasteiger partial charge on any atom is 0.310 e. The fourth-order valence-electron chi connectivity index (χ4n) is 2.02. The third-order valence-electron chi connectivity index (χ3n) is 3.04. The van der Waals surface area contributed by atoms with Crippen molar-refractivity contribution in [1.82, 2.24) is 10.0 Å². The van der Waals surface area contributed by atoms with Crippen molar-refractivity contribution in [2.24, 2.45) is 0 Å². The Kier molecular flexibility index (Phi) is 5.90. The second-order valence-electron chi connectivity index (χ2n) is 4.40. The lowest BCUT2D eigenvalue weighted by Gasteiger charge is -2.12. The Balaban J connectivity index is 0.00000220. The molecular weight excluding hydrogens is 322 g/mol. The van der Waals surface area contributed by atoms with E-state index in [9.17, 15) is 18.5 Å². The number of nitro benzene ring substituents is 1. The van der Waals surface area contributed by atoms with Gasteiger partial charge in [0.1, 0.15) is 0 Å². The molecule has 1 saturated heterocycles. The molecule has 0 amide bonds. The highest BCUT2D eigenvalue weighted by molar-refractivity contribution is 7.89. The lowest BCUT2D eigenvalue weighted by molar-refractivity contribution is -0.385. The summed E-state index contributed by atoms with van der Waals surface area (Å²) in [6, 6.07) is 3.32. The average molecular weight is 338 g/mol. The molecule has 0 aromatic heterocycles. The first kappa shape index (κ1) is 17.6. The minimum Gasteiger partial charge on any atom is -0.490 e.